The standard InChI is InChI=1S/C21H21FN2O3/c1-15-13-18(16(2)24(15)14-17-7-5-6-10-23-17)21(25)27-12-11-26-20-9-4-3-8-19(20)22/h3-10,13H,11-12,14H2,1-2H3. The number of esters is 1. The van der Waals surface area contributed by atoms with E-state index < -0.39 is 11.8 Å². The molecule has 0 atom stereocenters. The van der Waals surface area contributed by atoms with Crippen molar-refractivity contribution >= 4 is 5.97 Å². The molecule has 3 rings (SSSR count). The summed E-state index contributed by atoms with van der Waals surface area (Å²) in [5.41, 5.74) is 3.19. The molecule has 5 nitrogen and oxygen atoms in total. The lowest BCUT2D eigenvalue weighted by atomic mass is 10.2. The Morgan fingerprint density at radius 2 is 1.89 bits per heavy atom. The number of benzene rings is 1. The Labute approximate surface area is 157 Å². The van der Waals surface area contributed by atoms with Crippen molar-refractivity contribution < 1.29 is 18.7 Å². The van der Waals surface area contributed by atoms with Gasteiger partial charge in [0.05, 0.1) is 17.8 Å². The van der Waals surface area contributed by atoms with Crippen LogP contribution in [0.4, 0.5) is 4.39 Å². The van der Waals surface area contributed by atoms with Crippen LogP contribution in [0.25, 0.3) is 0 Å². The maximum absolute atomic E-state index is 13.5. The molecule has 27 heavy (non-hydrogen) atoms. The fourth-order valence-electron chi connectivity index (χ4n) is 2.83. The molecule has 0 saturated carbocycles. The van der Waals surface area contributed by atoms with Crippen molar-refractivity contribution in [2.24, 2.45) is 0 Å². The monoisotopic (exact) mass is 368 g/mol. The molecule has 140 valence electrons. The van der Waals surface area contributed by atoms with Gasteiger partial charge in [0, 0.05) is 17.6 Å². The quantitative estimate of drug-likeness (QED) is 0.468. The van der Waals surface area contributed by atoms with Crippen molar-refractivity contribution in [1.82, 2.24) is 9.55 Å². The summed E-state index contributed by atoms with van der Waals surface area (Å²) in [6, 6.07) is 13.7. The van der Waals surface area contributed by atoms with Crippen molar-refractivity contribution in [3.8, 4) is 5.75 Å². The first-order chi connectivity index (χ1) is 13.1. The SMILES string of the molecule is Cc1cc(C(=O)OCCOc2ccccc2F)c(C)n1Cc1ccccn1. The van der Waals surface area contributed by atoms with Crippen molar-refractivity contribution in [1.29, 1.82) is 0 Å². The summed E-state index contributed by atoms with van der Waals surface area (Å²) in [4.78, 5) is 16.7. The number of ether oxygens (including phenoxy) is 2. The van der Waals surface area contributed by atoms with Crippen LogP contribution in [0.3, 0.4) is 0 Å². The summed E-state index contributed by atoms with van der Waals surface area (Å²) in [5.74, 6) is -0.725. The van der Waals surface area contributed by atoms with Crippen molar-refractivity contribution in [3.63, 3.8) is 0 Å². The number of para-hydroxylation sites is 1. The van der Waals surface area contributed by atoms with E-state index in [1.165, 1.54) is 12.1 Å². The number of halogens is 1. The third kappa shape index (κ3) is 4.53. The van der Waals surface area contributed by atoms with E-state index in [9.17, 15) is 9.18 Å². The molecule has 0 spiro atoms. The average molecular weight is 368 g/mol. The zero-order valence-electron chi connectivity index (χ0n) is 15.3. The molecule has 0 saturated heterocycles. The van der Waals surface area contributed by atoms with Gasteiger partial charge in [0.1, 0.15) is 13.2 Å². The van der Waals surface area contributed by atoms with E-state index in [4.69, 9.17) is 9.47 Å². The van der Waals surface area contributed by atoms with Crippen LogP contribution in [0.15, 0.2) is 54.7 Å². The number of pyridine rings is 1. The van der Waals surface area contributed by atoms with Gasteiger partial charge in [-0.2, -0.15) is 0 Å². The Morgan fingerprint density at radius 1 is 1.11 bits per heavy atom. The molecule has 6 heteroatoms. The van der Waals surface area contributed by atoms with E-state index in [1.807, 2.05) is 36.6 Å². The third-order valence-corrected chi connectivity index (χ3v) is 4.25. The molecule has 0 N–H and O–H groups in total. The first-order valence-corrected chi connectivity index (χ1v) is 8.67. The van der Waals surface area contributed by atoms with Gasteiger partial charge < -0.3 is 14.0 Å². The molecule has 0 amide bonds. The maximum atomic E-state index is 13.5. The second-order valence-electron chi connectivity index (χ2n) is 6.11. The van der Waals surface area contributed by atoms with Gasteiger partial charge in [0.25, 0.3) is 0 Å². The predicted octanol–water partition coefficient (Wildman–Crippen LogP) is 3.92. The minimum absolute atomic E-state index is 0.0388. The molecule has 0 aliphatic carbocycles. The van der Waals surface area contributed by atoms with Crippen LogP contribution in [-0.4, -0.2) is 28.7 Å². The van der Waals surface area contributed by atoms with Gasteiger partial charge in [-0.25, -0.2) is 9.18 Å². The number of hydrogen-bond acceptors (Lipinski definition) is 4. The smallest absolute Gasteiger partial charge is 0.340 e. The molecule has 1 aromatic carbocycles. The number of aryl methyl sites for hydroxylation is 1. The zero-order valence-corrected chi connectivity index (χ0v) is 15.3. The van der Waals surface area contributed by atoms with Crippen molar-refractivity contribution in [2.75, 3.05) is 13.2 Å². The van der Waals surface area contributed by atoms with E-state index in [1.54, 1.807) is 24.4 Å². The van der Waals surface area contributed by atoms with Gasteiger partial charge >= 0.3 is 5.97 Å². The Bertz CT molecular complexity index is 922. The molecule has 0 fully saturated rings. The highest BCUT2D eigenvalue weighted by Gasteiger charge is 2.17. The molecule has 2 aromatic heterocycles. The van der Waals surface area contributed by atoms with E-state index in [2.05, 4.69) is 4.98 Å². The van der Waals surface area contributed by atoms with Crippen molar-refractivity contribution in [3.05, 3.63) is 83.2 Å². The first kappa shape index (κ1) is 18.6. The lowest BCUT2D eigenvalue weighted by molar-refractivity contribution is 0.0447. The molecule has 3 aromatic rings. The van der Waals surface area contributed by atoms with E-state index in [0.717, 1.165) is 17.1 Å². The second-order valence-corrected chi connectivity index (χ2v) is 6.11. The van der Waals surface area contributed by atoms with Gasteiger partial charge in [0.2, 0.25) is 0 Å². The van der Waals surface area contributed by atoms with Crippen LogP contribution in [0.5, 0.6) is 5.75 Å². The van der Waals surface area contributed by atoms with E-state index >= 15 is 0 Å². The molecule has 0 unspecified atom stereocenters. The fraction of sp³-hybridized carbons (Fsp3) is 0.238. The summed E-state index contributed by atoms with van der Waals surface area (Å²) >= 11 is 0. The molecule has 0 bridgehead atoms. The molecule has 0 radical (unpaired) electrons. The number of carbonyl (C=O) groups is 1. The molecule has 0 aliphatic rings. The minimum atomic E-state index is -0.443. The fourth-order valence-corrected chi connectivity index (χ4v) is 2.83. The number of carbonyl (C=O) groups excluding carboxylic acids is 1. The van der Waals surface area contributed by atoms with Crippen LogP contribution in [0, 0.1) is 19.7 Å². The summed E-state index contributed by atoms with van der Waals surface area (Å²) in [6.45, 7) is 4.52. The van der Waals surface area contributed by atoms with Crippen LogP contribution < -0.4 is 4.74 Å². The average Bonchev–Trinajstić information content (AvgIpc) is 2.95. The summed E-state index contributed by atoms with van der Waals surface area (Å²) in [5, 5.41) is 0. The zero-order chi connectivity index (χ0) is 19.2. The maximum Gasteiger partial charge on any atom is 0.340 e. The van der Waals surface area contributed by atoms with Gasteiger partial charge in [-0.3, -0.25) is 4.98 Å². The number of hydrogen-bond donors (Lipinski definition) is 0. The third-order valence-electron chi connectivity index (χ3n) is 4.25. The van der Waals surface area contributed by atoms with Crippen LogP contribution in [0.2, 0.25) is 0 Å². The van der Waals surface area contributed by atoms with Gasteiger partial charge in [-0.15, -0.1) is 0 Å². The molecule has 0 aliphatic heterocycles. The molecular formula is C21H21FN2O3. The van der Waals surface area contributed by atoms with E-state index in [0.29, 0.717) is 12.1 Å². The topological polar surface area (TPSA) is 53.4 Å². The highest BCUT2D eigenvalue weighted by Crippen LogP contribution is 2.18. The highest BCUT2D eigenvalue weighted by atomic mass is 19.1. The second kappa shape index (κ2) is 8.49. The van der Waals surface area contributed by atoms with Crippen molar-refractivity contribution in [2.45, 2.75) is 20.4 Å². The first-order valence-electron chi connectivity index (χ1n) is 8.67. The lowest BCUT2D eigenvalue weighted by Crippen LogP contribution is -2.14. The van der Waals surface area contributed by atoms with Gasteiger partial charge in [-0.05, 0) is 44.2 Å². The number of rotatable bonds is 7. The number of aromatic nitrogens is 2. The summed E-state index contributed by atoms with van der Waals surface area (Å²) < 4.78 is 26.1. The Morgan fingerprint density at radius 3 is 2.63 bits per heavy atom. The van der Waals surface area contributed by atoms with Crippen LogP contribution >= 0.6 is 0 Å². The van der Waals surface area contributed by atoms with E-state index in [-0.39, 0.29) is 19.0 Å². The predicted molar refractivity (Wildman–Crippen MR) is 99.4 cm³/mol. The Kier molecular flexibility index (Phi) is 5.86. The highest BCUT2D eigenvalue weighted by molar-refractivity contribution is 5.91. The minimum Gasteiger partial charge on any atom is -0.487 e. The lowest BCUT2D eigenvalue weighted by Gasteiger charge is -2.10. The number of nitrogens with zero attached hydrogens (tertiary/aromatic N) is 2. The molecule has 2 heterocycles. The normalized spacial score (nSPS) is 10.6. The molecular weight excluding hydrogens is 347 g/mol. The Hall–Kier alpha value is -3.15. The largest absolute Gasteiger partial charge is 0.487 e. The van der Waals surface area contributed by atoms with Crippen LogP contribution in [-0.2, 0) is 11.3 Å². The summed E-state index contributed by atoms with van der Waals surface area (Å²) in [6.07, 6.45) is 1.74. The van der Waals surface area contributed by atoms with Crippen LogP contribution in [0.1, 0.15) is 27.4 Å². The van der Waals surface area contributed by atoms with Gasteiger partial charge in [-0.1, -0.05) is 18.2 Å². The van der Waals surface area contributed by atoms with Gasteiger partial charge in [0.15, 0.2) is 11.6 Å². The Balaban J connectivity index is 1.58. The summed E-state index contributed by atoms with van der Waals surface area (Å²) in [7, 11) is 0.